The third-order valence-electron chi connectivity index (χ3n) is 4.53. The Morgan fingerprint density at radius 1 is 1.29 bits per heavy atom. The van der Waals surface area contributed by atoms with Gasteiger partial charge in [0.2, 0.25) is 0 Å². The molecule has 5 nitrogen and oxygen atoms in total. The summed E-state index contributed by atoms with van der Waals surface area (Å²) in [6, 6.07) is 0.457. The van der Waals surface area contributed by atoms with E-state index in [1.807, 2.05) is 6.92 Å². The van der Waals surface area contributed by atoms with Gasteiger partial charge in [-0.2, -0.15) is 5.10 Å². The predicted octanol–water partition coefficient (Wildman–Crippen LogP) is 2.96. The number of halogens is 1. The Morgan fingerprint density at radius 2 is 2.10 bits per heavy atom. The lowest BCUT2D eigenvalue weighted by Gasteiger charge is -2.33. The van der Waals surface area contributed by atoms with Crippen LogP contribution in [-0.2, 0) is 12.4 Å². The summed E-state index contributed by atoms with van der Waals surface area (Å²) in [6.45, 7) is 10.6. The van der Waals surface area contributed by atoms with Gasteiger partial charge in [-0.3, -0.25) is 0 Å². The number of aromatic nitrogens is 4. The van der Waals surface area contributed by atoms with Crippen LogP contribution in [-0.4, -0.2) is 43.9 Å². The van der Waals surface area contributed by atoms with Gasteiger partial charge in [-0.05, 0) is 39.8 Å². The Bertz CT molecular complexity index is 630. The summed E-state index contributed by atoms with van der Waals surface area (Å²) in [5.74, 6) is 1.44. The number of fused-ring (bicyclic) bond motifs is 1. The first-order chi connectivity index (χ1) is 10.2. The Hall–Kier alpha value is -1.07. The Balaban J connectivity index is 2.11. The monoisotopic (exact) mass is 309 g/mol. The molecule has 6 heteroatoms. The van der Waals surface area contributed by atoms with Gasteiger partial charge in [-0.25, -0.2) is 9.67 Å². The fraction of sp³-hybridized carbons (Fsp3) is 0.733. The number of rotatable bonds is 4. The molecule has 21 heavy (non-hydrogen) atoms. The largest absolute Gasteiger partial charge is 0.307 e. The smallest absolute Gasteiger partial charge is 0.159 e. The van der Waals surface area contributed by atoms with E-state index >= 15 is 0 Å². The van der Waals surface area contributed by atoms with E-state index in [9.17, 15) is 0 Å². The minimum absolute atomic E-state index is 0.457. The van der Waals surface area contributed by atoms with Crippen molar-refractivity contribution < 1.29 is 0 Å². The van der Waals surface area contributed by atoms with Crippen molar-refractivity contribution in [2.45, 2.75) is 52.1 Å². The Morgan fingerprint density at radius 3 is 2.76 bits per heavy atom. The lowest BCUT2D eigenvalue weighted by atomic mass is 10.1. The van der Waals surface area contributed by atoms with E-state index in [-0.39, 0.29) is 0 Å². The van der Waals surface area contributed by atoms with Gasteiger partial charge < -0.3 is 9.47 Å². The first-order valence-corrected chi connectivity index (χ1v) is 8.45. The number of hydrogen-bond acceptors (Lipinski definition) is 3. The van der Waals surface area contributed by atoms with E-state index in [1.165, 1.54) is 19.4 Å². The molecular weight excluding hydrogens is 286 g/mol. The summed E-state index contributed by atoms with van der Waals surface area (Å²) in [5.41, 5.74) is 3.16. The normalized spacial score (nSPS) is 20.5. The average molecular weight is 310 g/mol. The Labute approximate surface area is 130 Å². The zero-order valence-corrected chi connectivity index (χ0v) is 13.9. The fourth-order valence-electron chi connectivity index (χ4n) is 3.46. The molecule has 0 spiro atoms. The number of likely N-dealkylation sites (N-methyl/N-ethyl adjacent to an activating group) is 1. The molecule has 1 atom stereocenters. The number of piperidine rings is 1. The maximum Gasteiger partial charge on any atom is 0.159 e. The van der Waals surface area contributed by atoms with Crippen molar-refractivity contribution in [1.29, 1.82) is 0 Å². The predicted molar refractivity (Wildman–Crippen MR) is 85.9 cm³/mol. The van der Waals surface area contributed by atoms with Gasteiger partial charge in [0, 0.05) is 19.1 Å². The molecule has 0 radical (unpaired) electrons. The SMILES string of the molecule is CCN1CCCC(n2c(CCl)nc3c(C)nn(CC)c32)C1. The summed E-state index contributed by atoms with van der Waals surface area (Å²) < 4.78 is 4.42. The van der Waals surface area contributed by atoms with Crippen molar-refractivity contribution in [1.82, 2.24) is 24.2 Å². The van der Waals surface area contributed by atoms with Gasteiger partial charge in [-0.15, -0.1) is 11.6 Å². The van der Waals surface area contributed by atoms with Crippen molar-refractivity contribution in [3.05, 3.63) is 11.5 Å². The van der Waals surface area contributed by atoms with E-state index in [4.69, 9.17) is 16.6 Å². The molecule has 116 valence electrons. The van der Waals surface area contributed by atoms with Crippen molar-refractivity contribution in [2.75, 3.05) is 19.6 Å². The maximum absolute atomic E-state index is 6.17. The van der Waals surface area contributed by atoms with E-state index in [2.05, 4.69) is 33.1 Å². The van der Waals surface area contributed by atoms with Crippen LogP contribution in [0.5, 0.6) is 0 Å². The molecule has 1 aliphatic rings. The van der Waals surface area contributed by atoms with Crippen molar-refractivity contribution in [3.63, 3.8) is 0 Å². The molecule has 0 amide bonds. The molecule has 1 fully saturated rings. The number of likely N-dealkylation sites (tertiary alicyclic amines) is 1. The second-order valence-electron chi connectivity index (χ2n) is 5.79. The van der Waals surface area contributed by atoms with Crippen LogP contribution < -0.4 is 0 Å². The molecule has 0 aliphatic carbocycles. The molecule has 1 unspecified atom stereocenters. The molecule has 0 bridgehead atoms. The lowest BCUT2D eigenvalue weighted by molar-refractivity contribution is 0.185. The Kier molecular flexibility index (Phi) is 4.22. The summed E-state index contributed by atoms with van der Waals surface area (Å²) >= 11 is 6.17. The highest BCUT2D eigenvalue weighted by Crippen LogP contribution is 2.29. The van der Waals surface area contributed by atoms with Crippen LogP contribution in [0.3, 0.4) is 0 Å². The minimum Gasteiger partial charge on any atom is -0.307 e. The quantitative estimate of drug-likeness (QED) is 0.815. The van der Waals surface area contributed by atoms with E-state index in [0.717, 1.165) is 42.3 Å². The first kappa shape index (κ1) is 14.9. The van der Waals surface area contributed by atoms with Gasteiger partial charge in [0.25, 0.3) is 0 Å². The molecule has 1 aliphatic heterocycles. The van der Waals surface area contributed by atoms with Gasteiger partial charge in [0.1, 0.15) is 11.3 Å². The van der Waals surface area contributed by atoms with Crippen molar-refractivity contribution in [2.24, 2.45) is 0 Å². The molecule has 2 aromatic rings. The van der Waals surface area contributed by atoms with Crippen LogP contribution in [0.1, 0.15) is 44.2 Å². The van der Waals surface area contributed by atoms with E-state index in [0.29, 0.717) is 11.9 Å². The second kappa shape index (κ2) is 5.97. The highest BCUT2D eigenvalue weighted by Gasteiger charge is 2.27. The standard InChI is InChI=1S/C15H24ClN5/c1-4-19-8-6-7-12(10-19)21-13(9-16)17-14-11(3)18-20(5-2)15(14)21/h12H,4-10H2,1-3H3. The van der Waals surface area contributed by atoms with Crippen LogP contribution in [0, 0.1) is 6.92 Å². The van der Waals surface area contributed by atoms with Crippen LogP contribution in [0.4, 0.5) is 0 Å². The highest BCUT2D eigenvalue weighted by molar-refractivity contribution is 6.16. The van der Waals surface area contributed by atoms with Gasteiger partial charge in [-0.1, -0.05) is 6.92 Å². The molecule has 0 saturated carbocycles. The topological polar surface area (TPSA) is 38.9 Å². The van der Waals surface area contributed by atoms with Crippen LogP contribution in [0.2, 0.25) is 0 Å². The molecule has 0 aromatic carbocycles. The van der Waals surface area contributed by atoms with Crippen LogP contribution in [0.25, 0.3) is 11.2 Å². The molecule has 1 saturated heterocycles. The van der Waals surface area contributed by atoms with Crippen molar-refractivity contribution >= 4 is 22.8 Å². The first-order valence-electron chi connectivity index (χ1n) is 7.92. The van der Waals surface area contributed by atoms with Crippen LogP contribution in [0.15, 0.2) is 0 Å². The summed E-state index contributed by atoms with van der Waals surface area (Å²) in [7, 11) is 0. The average Bonchev–Trinajstić information content (AvgIpc) is 3.04. The molecule has 0 N–H and O–H groups in total. The zero-order chi connectivity index (χ0) is 15.0. The minimum atomic E-state index is 0.457. The summed E-state index contributed by atoms with van der Waals surface area (Å²) in [5, 5.41) is 4.61. The van der Waals surface area contributed by atoms with E-state index < -0.39 is 0 Å². The van der Waals surface area contributed by atoms with Crippen LogP contribution >= 0.6 is 11.6 Å². The number of imidazole rings is 1. The second-order valence-corrected chi connectivity index (χ2v) is 6.06. The fourth-order valence-corrected chi connectivity index (χ4v) is 3.65. The van der Waals surface area contributed by atoms with Gasteiger partial charge >= 0.3 is 0 Å². The van der Waals surface area contributed by atoms with Gasteiger partial charge in [0.05, 0.1) is 11.6 Å². The number of alkyl halides is 1. The number of hydrogen-bond donors (Lipinski definition) is 0. The number of nitrogens with zero attached hydrogens (tertiary/aromatic N) is 5. The molecular formula is C15H24ClN5. The zero-order valence-electron chi connectivity index (χ0n) is 13.1. The lowest BCUT2D eigenvalue weighted by Crippen LogP contribution is -2.37. The highest BCUT2D eigenvalue weighted by atomic mass is 35.5. The van der Waals surface area contributed by atoms with E-state index in [1.54, 1.807) is 0 Å². The maximum atomic E-state index is 6.17. The molecule has 2 aromatic heterocycles. The van der Waals surface area contributed by atoms with Crippen molar-refractivity contribution in [3.8, 4) is 0 Å². The molecule has 3 rings (SSSR count). The summed E-state index contributed by atoms with van der Waals surface area (Å²) in [6.07, 6.45) is 2.43. The molecule has 3 heterocycles. The third-order valence-corrected chi connectivity index (χ3v) is 4.77. The summed E-state index contributed by atoms with van der Waals surface area (Å²) in [4.78, 5) is 7.27. The number of aryl methyl sites for hydroxylation is 2. The third kappa shape index (κ3) is 2.46. The van der Waals surface area contributed by atoms with Gasteiger partial charge in [0.15, 0.2) is 5.65 Å².